The summed E-state index contributed by atoms with van der Waals surface area (Å²) in [6.45, 7) is 0.0658. The van der Waals surface area contributed by atoms with Crippen molar-refractivity contribution < 1.29 is 23.9 Å². The van der Waals surface area contributed by atoms with Crippen LogP contribution < -0.4 is 0 Å². The van der Waals surface area contributed by atoms with Crippen LogP contribution in [0.15, 0.2) is 36.2 Å². The van der Waals surface area contributed by atoms with Gasteiger partial charge in [-0.15, -0.1) is 0 Å². The van der Waals surface area contributed by atoms with Crippen LogP contribution in [-0.2, 0) is 25.7 Å². The maximum Gasteiger partial charge on any atom is 0.416 e. The third kappa shape index (κ3) is 3.10. The zero-order valence-corrected chi connectivity index (χ0v) is 12.3. The zero-order valence-electron chi connectivity index (χ0n) is 12.3. The number of hydrogen-bond donors (Lipinski definition) is 0. The van der Waals surface area contributed by atoms with Crippen molar-refractivity contribution in [3.63, 3.8) is 0 Å². The molecule has 1 saturated heterocycles. The van der Waals surface area contributed by atoms with Crippen molar-refractivity contribution in [1.82, 2.24) is 9.80 Å². The normalized spacial score (nSPS) is 17.2. The van der Waals surface area contributed by atoms with Gasteiger partial charge >= 0.3 is 12.1 Å². The molecule has 1 aromatic carbocycles. The molecule has 0 aromatic heterocycles. The average Bonchev–Trinajstić information content (AvgIpc) is 2.89. The minimum Gasteiger partial charge on any atom is -0.467 e. The first-order chi connectivity index (χ1) is 10.6. The van der Waals surface area contributed by atoms with Gasteiger partial charge in [0.05, 0.1) is 13.7 Å². The summed E-state index contributed by atoms with van der Waals surface area (Å²) in [6.07, 6.45) is -0.708. The second kappa shape index (κ2) is 6.78. The van der Waals surface area contributed by atoms with E-state index in [4.69, 9.17) is 4.74 Å². The number of likely N-dealkylation sites (N-methyl/N-ethyl adjacent to an activating group) is 1. The Bertz CT molecular complexity index is 610. The van der Waals surface area contributed by atoms with E-state index in [1.54, 1.807) is 5.94 Å². The zero-order chi connectivity index (χ0) is 16.1. The van der Waals surface area contributed by atoms with Crippen LogP contribution in [0, 0.1) is 0 Å². The van der Waals surface area contributed by atoms with Crippen LogP contribution in [0.4, 0.5) is 4.79 Å². The Morgan fingerprint density at radius 1 is 1.32 bits per heavy atom. The molecule has 1 heterocycles. The number of nitrogens with zero attached hydrogens (tertiary/aromatic N) is 2. The fourth-order valence-electron chi connectivity index (χ4n) is 2.17. The van der Waals surface area contributed by atoms with E-state index in [2.05, 4.69) is 4.74 Å². The van der Waals surface area contributed by atoms with Crippen molar-refractivity contribution >= 4 is 18.0 Å². The molecule has 0 radical (unpaired) electrons. The van der Waals surface area contributed by atoms with Gasteiger partial charge in [0.1, 0.15) is 12.6 Å². The minimum atomic E-state index is -0.745. The fourth-order valence-corrected chi connectivity index (χ4v) is 2.17. The molecule has 1 fully saturated rings. The summed E-state index contributed by atoms with van der Waals surface area (Å²) in [5.41, 5.74) is 0.824. The van der Waals surface area contributed by atoms with Crippen LogP contribution in [0.1, 0.15) is 5.56 Å². The number of ether oxygens (including phenoxy) is 2. The van der Waals surface area contributed by atoms with E-state index in [0.29, 0.717) is 0 Å². The molecule has 0 spiro atoms. The van der Waals surface area contributed by atoms with Gasteiger partial charge in [-0.25, -0.2) is 14.4 Å². The fraction of sp³-hybridized carbons (Fsp3) is 0.333. The molecule has 7 nitrogen and oxygen atoms in total. The predicted octanol–water partition coefficient (Wildman–Crippen LogP) is 0.785. The highest BCUT2D eigenvalue weighted by Crippen LogP contribution is 2.22. The van der Waals surface area contributed by atoms with Crippen LogP contribution >= 0.6 is 0 Å². The second-order valence-electron chi connectivity index (χ2n) is 4.73. The Balaban J connectivity index is 2.05. The van der Waals surface area contributed by atoms with E-state index in [-0.39, 0.29) is 19.0 Å². The smallest absolute Gasteiger partial charge is 0.416 e. The van der Waals surface area contributed by atoms with E-state index in [1.165, 1.54) is 19.1 Å². The molecule has 0 aliphatic carbocycles. The lowest BCUT2D eigenvalue weighted by Crippen LogP contribution is -2.35. The Morgan fingerprint density at radius 3 is 2.59 bits per heavy atom. The molecule has 1 atom stereocenters. The number of amides is 1. The van der Waals surface area contributed by atoms with E-state index in [0.717, 1.165) is 10.5 Å². The van der Waals surface area contributed by atoms with Crippen LogP contribution in [0.25, 0.3) is 0 Å². The molecule has 1 aromatic rings. The molecule has 0 saturated carbocycles. The number of hydrogen-bond acceptors (Lipinski definition) is 6. The average molecular weight is 304 g/mol. The summed E-state index contributed by atoms with van der Waals surface area (Å²) >= 11 is 0. The SMILES string of the molecule is COC(=O)C1CN(C(=O)OCc2ccccc2)C(=C=O)N1C. The third-order valence-corrected chi connectivity index (χ3v) is 3.40. The number of carbonyl (C=O) groups excluding carboxylic acids is 3. The van der Waals surface area contributed by atoms with Crippen molar-refractivity contribution in [2.75, 3.05) is 20.7 Å². The van der Waals surface area contributed by atoms with E-state index >= 15 is 0 Å². The summed E-state index contributed by atoms with van der Waals surface area (Å²) in [5.74, 6) is 1.08. The summed E-state index contributed by atoms with van der Waals surface area (Å²) in [5, 5.41) is 0. The first-order valence-electron chi connectivity index (χ1n) is 6.62. The topological polar surface area (TPSA) is 76.1 Å². The van der Waals surface area contributed by atoms with Crippen molar-refractivity contribution in [3.8, 4) is 0 Å². The molecular formula is C15H16N2O5. The molecule has 2 rings (SSSR count). The number of benzene rings is 1. The first-order valence-corrected chi connectivity index (χ1v) is 6.62. The van der Waals surface area contributed by atoms with Crippen molar-refractivity contribution in [2.45, 2.75) is 12.6 Å². The highest BCUT2D eigenvalue weighted by molar-refractivity contribution is 5.81. The lowest BCUT2D eigenvalue weighted by atomic mass is 10.2. The largest absolute Gasteiger partial charge is 0.467 e. The molecule has 116 valence electrons. The van der Waals surface area contributed by atoms with Gasteiger partial charge in [0.2, 0.25) is 5.82 Å². The Hall–Kier alpha value is -2.79. The summed E-state index contributed by atoms with van der Waals surface area (Å²) in [6, 6.07) is 8.40. The molecule has 1 amide bonds. The maximum absolute atomic E-state index is 12.1. The Labute approximate surface area is 127 Å². The third-order valence-electron chi connectivity index (χ3n) is 3.40. The van der Waals surface area contributed by atoms with Gasteiger partial charge in [-0.3, -0.25) is 4.90 Å². The number of carbonyl (C=O) groups is 2. The summed E-state index contributed by atoms with van der Waals surface area (Å²) in [4.78, 5) is 37.3. The quantitative estimate of drug-likeness (QED) is 0.607. The van der Waals surface area contributed by atoms with Crippen LogP contribution in [0.3, 0.4) is 0 Å². The van der Waals surface area contributed by atoms with Gasteiger partial charge in [0.15, 0.2) is 5.94 Å². The lowest BCUT2D eigenvalue weighted by molar-refractivity contribution is -0.144. The van der Waals surface area contributed by atoms with Crippen molar-refractivity contribution in [3.05, 3.63) is 41.7 Å². The highest BCUT2D eigenvalue weighted by atomic mass is 16.6. The van der Waals surface area contributed by atoms with Crippen LogP contribution in [0.5, 0.6) is 0 Å². The van der Waals surface area contributed by atoms with Gasteiger partial charge in [-0.2, -0.15) is 0 Å². The number of methoxy groups -OCH3 is 1. The molecule has 22 heavy (non-hydrogen) atoms. The minimum absolute atomic E-state index is 0.0125. The molecular weight excluding hydrogens is 288 g/mol. The molecule has 0 bridgehead atoms. The van der Waals surface area contributed by atoms with Crippen molar-refractivity contribution in [2.24, 2.45) is 0 Å². The molecule has 7 heteroatoms. The molecule has 1 aliphatic heterocycles. The predicted molar refractivity (Wildman–Crippen MR) is 76.1 cm³/mol. The van der Waals surface area contributed by atoms with Gasteiger partial charge in [0, 0.05) is 7.05 Å². The van der Waals surface area contributed by atoms with Gasteiger partial charge < -0.3 is 14.4 Å². The Morgan fingerprint density at radius 2 is 2.00 bits per heavy atom. The summed E-state index contributed by atoms with van der Waals surface area (Å²) in [7, 11) is 2.77. The lowest BCUT2D eigenvalue weighted by Gasteiger charge is -2.17. The molecule has 1 unspecified atom stereocenters. The van der Waals surface area contributed by atoms with Crippen molar-refractivity contribution in [1.29, 1.82) is 0 Å². The number of esters is 1. The second-order valence-corrected chi connectivity index (χ2v) is 4.73. The van der Waals surface area contributed by atoms with Gasteiger partial charge in [0.25, 0.3) is 0 Å². The van der Waals surface area contributed by atoms with Gasteiger partial charge in [-0.1, -0.05) is 30.3 Å². The van der Waals surface area contributed by atoms with Crippen LogP contribution in [0.2, 0.25) is 0 Å². The van der Waals surface area contributed by atoms with Crippen LogP contribution in [-0.4, -0.2) is 54.5 Å². The maximum atomic E-state index is 12.1. The summed E-state index contributed by atoms with van der Waals surface area (Å²) < 4.78 is 9.81. The van der Waals surface area contributed by atoms with E-state index in [9.17, 15) is 14.4 Å². The number of rotatable bonds is 3. The van der Waals surface area contributed by atoms with Gasteiger partial charge in [-0.05, 0) is 5.56 Å². The molecule has 1 aliphatic rings. The Kier molecular flexibility index (Phi) is 4.80. The van der Waals surface area contributed by atoms with E-state index in [1.807, 2.05) is 30.3 Å². The van der Waals surface area contributed by atoms with E-state index < -0.39 is 18.1 Å². The standard InChI is InChI=1S/C15H16N2O5/c1-16-12(14(19)21-2)8-17(13(16)9-18)15(20)22-10-11-6-4-3-5-7-11/h3-7,12H,8,10H2,1-2H3. The highest BCUT2D eigenvalue weighted by Gasteiger charge is 2.41. The molecule has 0 N–H and O–H groups in total. The first kappa shape index (κ1) is 15.6. The monoisotopic (exact) mass is 304 g/mol.